The van der Waals surface area contributed by atoms with Crippen molar-refractivity contribution in [2.24, 2.45) is 0 Å². The molecule has 0 bridgehead atoms. The fraction of sp³-hybridized carbons (Fsp3) is 0.133. The zero-order valence-electron chi connectivity index (χ0n) is 11.2. The van der Waals surface area contributed by atoms with Crippen molar-refractivity contribution >= 4 is 33.7 Å². The zero-order chi connectivity index (χ0) is 14.5. The number of aromatic nitrogens is 2. The summed E-state index contributed by atoms with van der Waals surface area (Å²) < 4.78 is 0. The number of thiophene rings is 1. The molecule has 0 aliphatic heterocycles. The van der Waals surface area contributed by atoms with E-state index in [1.807, 2.05) is 35.0 Å². The number of hydrogen-bond acceptors (Lipinski definition) is 5. The molecule has 21 heavy (non-hydrogen) atoms. The van der Waals surface area contributed by atoms with Crippen molar-refractivity contribution in [2.75, 3.05) is 5.32 Å². The van der Waals surface area contributed by atoms with Gasteiger partial charge < -0.3 is 5.32 Å². The van der Waals surface area contributed by atoms with E-state index < -0.39 is 0 Å². The monoisotopic (exact) mass is 315 g/mol. The van der Waals surface area contributed by atoms with Crippen molar-refractivity contribution in [3.63, 3.8) is 0 Å². The topological polar surface area (TPSA) is 54.9 Å². The van der Waals surface area contributed by atoms with Gasteiger partial charge in [0.1, 0.15) is 0 Å². The quantitative estimate of drug-likeness (QED) is 0.778. The molecule has 0 fully saturated rings. The van der Waals surface area contributed by atoms with Gasteiger partial charge in [-0.15, -0.1) is 22.7 Å². The SMILES string of the molecule is O=C(CCc1cccs1)Nc1nc(-c2cccnc2)cs1. The highest BCUT2D eigenvalue weighted by Crippen LogP contribution is 2.24. The first-order valence-corrected chi connectivity index (χ1v) is 8.25. The summed E-state index contributed by atoms with van der Waals surface area (Å²) in [5.41, 5.74) is 1.79. The molecule has 0 aliphatic carbocycles. The number of carbonyl (C=O) groups is 1. The van der Waals surface area contributed by atoms with E-state index in [1.54, 1.807) is 23.7 Å². The molecule has 0 radical (unpaired) electrons. The Morgan fingerprint density at radius 1 is 1.24 bits per heavy atom. The molecule has 4 nitrogen and oxygen atoms in total. The zero-order valence-corrected chi connectivity index (χ0v) is 12.8. The van der Waals surface area contributed by atoms with Crippen LogP contribution >= 0.6 is 22.7 Å². The van der Waals surface area contributed by atoms with Gasteiger partial charge in [-0.05, 0) is 30.0 Å². The van der Waals surface area contributed by atoms with Crippen molar-refractivity contribution in [1.29, 1.82) is 0 Å². The summed E-state index contributed by atoms with van der Waals surface area (Å²) in [6.07, 6.45) is 4.73. The van der Waals surface area contributed by atoms with Crippen LogP contribution in [0.5, 0.6) is 0 Å². The first kappa shape index (κ1) is 13.9. The second-order valence-corrected chi connectivity index (χ2v) is 6.30. The van der Waals surface area contributed by atoms with Gasteiger partial charge in [0.2, 0.25) is 5.91 Å². The van der Waals surface area contributed by atoms with E-state index in [4.69, 9.17) is 0 Å². The number of hydrogen-bond donors (Lipinski definition) is 1. The van der Waals surface area contributed by atoms with Crippen LogP contribution in [0.2, 0.25) is 0 Å². The molecule has 0 saturated carbocycles. The highest BCUT2D eigenvalue weighted by molar-refractivity contribution is 7.14. The molecular weight excluding hydrogens is 302 g/mol. The van der Waals surface area contributed by atoms with Gasteiger partial charge in [0.15, 0.2) is 5.13 Å². The van der Waals surface area contributed by atoms with Crippen LogP contribution < -0.4 is 5.32 Å². The molecule has 1 N–H and O–H groups in total. The van der Waals surface area contributed by atoms with E-state index in [0.29, 0.717) is 11.6 Å². The van der Waals surface area contributed by atoms with Crippen molar-refractivity contribution in [3.8, 4) is 11.3 Å². The number of aryl methyl sites for hydroxylation is 1. The van der Waals surface area contributed by atoms with Gasteiger partial charge in [-0.3, -0.25) is 9.78 Å². The smallest absolute Gasteiger partial charge is 0.226 e. The van der Waals surface area contributed by atoms with Gasteiger partial charge in [0.05, 0.1) is 5.69 Å². The molecule has 0 spiro atoms. The maximum Gasteiger partial charge on any atom is 0.226 e. The largest absolute Gasteiger partial charge is 0.302 e. The normalized spacial score (nSPS) is 10.5. The van der Waals surface area contributed by atoms with Crippen LogP contribution in [-0.2, 0) is 11.2 Å². The first-order chi connectivity index (χ1) is 10.3. The summed E-state index contributed by atoms with van der Waals surface area (Å²) in [5, 5.41) is 7.42. The standard InChI is InChI=1S/C15H13N3OS2/c19-14(6-5-12-4-2-8-20-12)18-15-17-13(10-21-15)11-3-1-7-16-9-11/h1-4,7-10H,5-6H2,(H,17,18,19). The van der Waals surface area contributed by atoms with Crippen LogP contribution in [0.4, 0.5) is 5.13 Å². The van der Waals surface area contributed by atoms with Crippen molar-refractivity contribution < 1.29 is 4.79 Å². The summed E-state index contributed by atoms with van der Waals surface area (Å²) in [4.78, 5) is 21.6. The minimum absolute atomic E-state index is 0.00418. The fourth-order valence-corrected chi connectivity index (χ4v) is 3.30. The average Bonchev–Trinajstić information content (AvgIpc) is 3.17. The molecule has 0 aromatic carbocycles. The molecule has 0 atom stereocenters. The van der Waals surface area contributed by atoms with E-state index >= 15 is 0 Å². The Bertz CT molecular complexity index is 708. The van der Waals surface area contributed by atoms with E-state index in [9.17, 15) is 4.79 Å². The predicted octanol–water partition coefficient (Wildman–Crippen LogP) is 3.84. The first-order valence-electron chi connectivity index (χ1n) is 6.49. The third kappa shape index (κ3) is 3.74. The number of nitrogens with zero attached hydrogens (tertiary/aromatic N) is 2. The number of nitrogens with one attached hydrogen (secondary N) is 1. The van der Waals surface area contributed by atoms with E-state index in [1.165, 1.54) is 16.2 Å². The second-order valence-electron chi connectivity index (χ2n) is 4.41. The summed E-state index contributed by atoms with van der Waals surface area (Å²) >= 11 is 3.10. The highest BCUT2D eigenvalue weighted by Gasteiger charge is 2.08. The van der Waals surface area contributed by atoms with Crippen molar-refractivity contribution in [3.05, 3.63) is 52.3 Å². The third-order valence-corrected chi connectivity index (χ3v) is 4.58. The maximum absolute atomic E-state index is 11.9. The Kier molecular flexibility index (Phi) is 4.37. The minimum atomic E-state index is -0.00418. The van der Waals surface area contributed by atoms with Gasteiger partial charge in [0.25, 0.3) is 0 Å². The van der Waals surface area contributed by atoms with E-state index in [2.05, 4.69) is 15.3 Å². The van der Waals surface area contributed by atoms with Crippen molar-refractivity contribution in [2.45, 2.75) is 12.8 Å². The molecule has 106 valence electrons. The van der Waals surface area contributed by atoms with Crippen LogP contribution in [0.1, 0.15) is 11.3 Å². The predicted molar refractivity (Wildman–Crippen MR) is 86.6 cm³/mol. The van der Waals surface area contributed by atoms with Gasteiger partial charge in [-0.25, -0.2) is 4.98 Å². The summed E-state index contributed by atoms with van der Waals surface area (Å²) in [7, 11) is 0. The second kappa shape index (κ2) is 6.60. The molecule has 0 saturated heterocycles. The lowest BCUT2D eigenvalue weighted by atomic mass is 10.2. The van der Waals surface area contributed by atoms with Crippen LogP contribution in [0, 0.1) is 0 Å². The third-order valence-electron chi connectivity index (χ3n) is 2.89. The van der Waals surface area contributed by atoms with Crippen LogP contribution in [-0.4, -0.2) is 15.9 Å². The van der Waals surface area contributed by atoms with Gasteiger partial charge in [-0.2, -0.15) is 0 Å². The Hall–Kier alpha value is -2.05. The maximum atomic E-state index is 11.9. The Morgan fingerprint density at radius 3 is 2.95 bits per heavy atom. The number of anilines is 1. The van der Waals surface area contributed by atoms with Crippen LogP contribution in [0.25, 0.3) is 11.3 Å². The number of carbonyl (C=O) groups excluding carboxylic acids is 1. The molecule has 3 rings (SSSR count). The lowest BCUT2D eigenvalue weighted by Crippen LogP contribution is -2.11. The average molecular weight is 315 g/mol. The molecule has 3 aromatic rings. The lowest BCUT2D eigenvalue weighted by molar-refractivity contribution is -0.116. The molecule has 3 aromatic heterocycles. The summed E-state index contributed by atoms with van der Waals surface area (Å²) in [6.45, 7) is 0. The fourth-order valence-electron chi connectivity index (χ4n) is 1.85. The molecule has 6 heteroatoms. The molecular formula is C15H13N3OS2. The summed E-state index contributed by atoms with van der Waals surface area (Å²) in [5.74, 6) is -0.00418. The highest BCUT2D eigenvalue weighted by atomic mass is 32.1. The lowest BCUT2D eigenvalue weighted by Gasteiger charge is -2.00. The van der Waals surface area contributed by atoms with Crippen LogP contribution in [0.15, 0.2) is 47.4 Å². The van der Waals surface area contributed by atoms with E-state index in [0.717, 1.165) is 17.7 Å². The number of rotatable bonds is 5. The van der Waals surface area contributed by atoms with Gasteiger partial charge >= 0.3 is 0 Å². The van der Waals surface area contributed by atoms with Crippen LogP contribution in [0.3, 0.4) is 0 Å². The van der Waals surface area contributed by atoms with Crippen molar-refractivity contribution in [1.82, 2.24) is 9.97 Å². The van der Waals surface area contributed by atoms with Gasteiger partial charge in [0, 0.05) is 34.6 Å². The molecule has 3 heterocycles. The Balaban J connectivity index is 1.58. The number of amides is 1. The van der Waals surface area contributed by atoms with E-state index in [-0.39, 0.29) is 5.91 Å². The minimum Gasteiger partial charge on any atom is -0.302 e. The Morgan fingerprint density at radius 2 is 2.19 bits per heavy atom. The molecule has 1 amide bonds. The number of pyridine rings is 1. The molecule has 0 aliphatic rings. The number of thiazole rings is 1. The molecule has 0 unspecified atom stereocenters. The Labute approximate surface area is 130 Å². The van der Waals surface area contributed by atoms with Gasteiger partial charge in [-0.1, -0.05) is 6.07 Å². The summed E-state index contributed by atoms with van der Waals surface area (Å²) in [6, 6.07) is 7.86.